The van der Waals surface area contributed by atoms with Gasteiger partial charge in [-0.25, -0.2) is 9.18 Å². The minimum atomic E-state index is -1.08. The lowest BCUT2D eigenvalue weighted by atomic mass is 10.0. The summed E-state index contributed by atoms with van der Waals surface area (Å²) in [6.45, 7) is 0.0992. The molecule has 1 aromatic heterocycles. The van der Waals surface area contributed by atoms with Gasteiger partial charge in [0, 0.05) is 48.8 Å². The summed E-state index contributed by atoms with van der Waals surface area (Å²) < 4.78 is 13.8. The van der Waals surface area contributed by atoms with Crippen LogP contribution in [0.3, 0.4) is 0 Å². The maximum Gasteiger partial charge on any atom is 0.319 e. The largest absolute Gasteiger partial charge is 0.481 e. The molecule has 0 radical (unpaired) electrons. The molecule has 0 aliphatic carbocycles. The van der Waals surface area contributed by atoms with Crippen molar-refractivity contribution in [3.8, 4) is 0 Å². The first kappa shape index (κ1) is 26.3. The highest BCUT2D eigenvalue weighted by molar-refractivity contribution is 6.01. The Bertz CT molecular complexity index is 1340. The van der Waals surface area contributed by atoms with Crippen LogP contribution in [0.25, 0.3) is 0 Å². The SMILES string of the molecule is O=C(O)CC(NC(=O)C1CC(=O)N(c2cccc(NC(=O)NCc3ccccc3F)c2)C1)c1cccnc1. The fraction of sp³-hybridized carbons (Fsp3) is 0.222. The van der Waals surface area contributed by atoms with Crippen LogP contribution in [0.4, 0.5) is 20.6 Å². The standard InChI is InChI=1S/C27H26FN5O5/c28-22-9-2-1-5-17(22)15-30-27(38)31-20-7-3-8-21(12-20)33-16-19(11-24(33)34)26(37)32-23(13-25(35)36)18-6-4-10-29-14-18/h1-10,12,14,19,23H,11,13,15-16H2,(H,32,37)(H,35,36)(H2,30,31,38). The van der Waals surface area contributed by atoms with Crippen LogP contribution in [0.1, 0.15) is 30.0 Å². The van der Waals surface area contributed by atoms with Crippen molar-refractivity contribution < 1.29 is 28.7 Å². The number of hydrogen-bond donors (Lipinski definition) is 4. The van der Waals surface area contributed by atoms with E-state index in [1.165, 1.54) is 17.2 Å². The zero-order chi connectivity index (χ0) is 27.1. The van der Waals surface area contributed by atoms with Gasteiger partial charge in [-0.3, -0.25) is 19.4 Å². The molecule has 0 spiro atoms. The number of halogens is 1. The minimum Gasteiger partial charge on any atom is -0.481 e. The van der Waals surface area contributed by atoms with Crippen LogP contribution in [0.5, 0.6) is 0 Å². The monoisotopic (exact) mass is 519 g/mol. The third-order valence-electron chi connectivity index (χ3n) is 6.09. The second-order valence-electron chi connectivity index (χ2n) is 8.80. The summed E-state index contributed by atoms with van der Waals surface area (Å²) in [5.74, 6) is -2.89. The number of benzene rings is 2. The molecular weight excluding hydrogens is 493 g/mol. The number of aliphatic carboxylic acids is 1. The number of carboxylic acids is 1. The van der Waals surface area contributed by atoms with Gasteiger partial charge >= 0.3 is 12.0 Å². The van der Waals surface area contributed by atoms with Gasteiger partial charge in [0.05, 0.1) is 18.4 Å². The number of anilines is 2. The van der Waals surface area contributed by atoms with Gasteiger partial charge < -0.3 is 26.0 Å². The molecule has 2 unspecified atom stereocenters. The van der Waals surface area contributed by atoms with Gasteiger partial charge in [-0.2, -0.15) is 0 Å². The summed E-state index contributed by atoms with van der Waals surface area (Å²) in [4.78, 5) is 54.8. The van der Waals surface area contributed by atoms with E-state index in [0.717, 1.165) is 0 Å². The van der Waals surface area contributed by atoms with Crippen molar-refractivity contribution in [1.29, 1.82) is 0 Å². The lowest BCUT2D eigenvalue weighted by Gasteiger charge is -2.20. The molecule has 4 rings (SSSR count). The first-order chi connectivity index (χ1) is 18.3. The molecule has 2 atom stereocenters. The maximum absolute atomic E-state index is 13.8. The third-order valence-corrected chi connectivity index (χ3v) is 6.09. The van der Waals surface area contributed by atoms with Crippen molar-refractivity contribution in [3.05, 3.63) is 90.0 Å². The summed E-state index contributed by atoms with van der Waals surface area (Å²) in [6, 6.07) is 14.7. The molecular formula is C27H26FN5O5. The van der Waals surface area contributed by atoms with Crippen molar-refractivity contribution in [2.45, 2.75) is 25.4 Å². The van der Waals surface area contributed by atoms with Crippen LogP contribution in [-0.2, 0) is 20.9 Å². The van der Waals surface area contributed by atoms with Gasteiger partial charge in [-0.15, -0.1) is 0 Å². The fourth-order valence-corrected chi connectivity index (χ4v) is 4.18. The van der Waals surface area contributed by atoms with Crippen LogP contribution in [-0.4, -0.2) is 40.5 Å². The molecule has 1 fully saturated rings. The lowest BCUT2D eigenvalue weighted by Crippen LogP contribution is -2.36. The Morgan fingerprint density at radius 2 is 1.92 bits per heavy atom. The molecule has 196 valence electrons. The number of nitrogens with zero attached hydrogens (tertiary/aromatic N) is 2. The highest BCUT2D eigenvalue weighted by Crippen LogP contribution is 2.28. The molecule has 3 aromatic rings. The third kappa shape index (κ3) is 6.69. The summed E-state index contributed by atoms with van der Waals surface area (Å²) >= 11 is 0. The average molecular weight is 520 g/mol. The van der Waals surface area contributed by atoms with Gasteiger partial charge in [0.15, 0.2) is 0 Å². The van der Waals surface area contributed by atoms with E-state index in [9.17, 15) is 28.7 Å². The van der Waals surface area contributed by atoms with Crippen LogP contribution in [0.15, 0.2) is 73.1 Å². The number of hydrogen-bond acceptors (Lipinski definition) is 5. The van der Waals surface area contributed by atoms with Crippen molar-refractivity contribution in [1.82, 2.24) is 15.6 Å². The molecule has 1 aliphatic rings. The number of aromatic nitrogens is 1. The van der Waals surface area contributed by atoms with Gasteiger partial charge in [0.1, 0.15) is 5.82 Å². The number of urea groups is 1. The van der Waals surface area contributed by atoms with Crippen LogP contribution in [0, 0.1) is 11.7 Å². The quantitative estimate of drug-likeness (QED) is 0.342. The highest BCUT2D eigenvalue weighted by atomic mass is 19.1. The van der Waals surface area contributed by atoms with Crippen molar-refractivity contribution in [3.63, 3.8) is 0 Å². The second-order valence-corrected chi connectivity index (χ2v) is 8.80. The van der Waals surface area contributed by atoms with E-state index >= 15 is 0 Å². The number of amides is 4. The zero-order valence-corrected chi connectivity index (χ0v) is 20.3. The first-order valence-corrected chi connectivity index (χ1v) is 11.9. The molecule has 0 saturated carbocycles. The number of carbonyl (C=O) groups is 4. The van der Waals surface area contributed by atoms with E-state index in [0.29, 0.717) is 22.5 Å². The molecule has 4 N–H and O–H groups in total. The van der Waals surface area contributed by atoms with Gasteiger partial charge in [-0.05, 0) is 35.9 Å². The molecule has 11 heteroatoms. The molecule has 4 amide bonds. The Kier molecular flexibility index (Phi) is 8.27. The number of carboxylic acid groups (broad SMARTS) is 1. The maximum atomic E-state index is 13.8. The number of pyridine rings is 1. The molecule has 10 nitrogen and oxygen atoms in total. The van der Waals surface area contributed by atoms with Crippen LogP contribution < -0.4 is 20.9 Å². The molecule has 1 saturated heterocycles. The predicted octanol–water partition coefficient (Wildman–Crippen LogP) is 3.23. The number of nitrogens with one attached hydrogen (secondary N) is 3. The summed E-state index contributed by atoms with van der Waals surface area (Å²) in [5.41, 5.74) is 1.80. The summed E-state index contributed by atoms with van der Waals surface area (Å²) in [5, 5.41) is 17.2. The summed E-state index contributed by atoms with van der Waals surface area (Å²) in [6.07, 6.45) is 2.67. The normalized spacial score (nSPS) is 15.6. The van der Waals surface area contributed by atoms with Crippen molar-refractivity contribution >= 4 is 35.2 Å². The van der Waals surface area contributed by atoms with E-state index in [2.05, 4.69) is 20.9 Å². The lowest BCUT2D eigenvalue weighted by molar-refractivity contribution is -0.138. The first-order valence-electron chi connectivity index (χ1n) is 11.9. The average Bonchev–Trinajstić information content (AvgIpc) is 3.30. The van der Waals surface area contributed by atoms with E-state index in [-0.39, 0.29) is 31.8 Å². The molecule has 0 bridgehead atoms. The number of rotatable bonds is 9. The summed E-state index contributed by atoms with van der Waals surface area (Å²) in [7, 11) is 0. The molecule has 1 aliphatic heterocycles. The van der Waals surface area contributed by atoms with E-state index in [1.807, 2.05) is 0 Å². The van der Waals surface area contributed by atoms with Crippen LogP contribution in [0.2, 0.25) is 0 Å². The Morgan fingerprint density at radius 1 is 1.11 bits per heavy atom. The molecule has 38 heavy (non-hydrogen) atoms. The Morgan fingerprint density at radius 3 is 2.66 bits per heavy atom. The van der Waals surface area contributed by atoms with Crippen LogP contribution >= 0.6 is 0 Å². The molecule has 2 aromatic carbocycles. The second kappa shape index (κ2) is 12.0. The highest BCUT2D eigenvalue weighted by Gasteiger charge is 2.36. The van der Waals surface area contributed by atoms with E-state index in [4.69, 9.17) is 0 Å². The van der Waals surface area contributed by atoms with Gasteiger partial charge in [-0.1, -0.05) is 30.3 Å². The minimum absolute atomic E-state index is 0.00150. The smallest absolute Gasteiger partial charge is 0.319 e. The van der Waals surface area contributed by atoms with Gasteiger partial charge in [0.25, 0.3) is 0 Å². The van der Waals surface area contributed by atoms with E-state index < -0.39 is 35.7 Å². The Balaban J connectivity index is 1.37. The van der Waals surface area contributed by atoms with Crippen molar-refractivity contribution in [2.75, 3.05) is 16.8 Å². The topological polar surface area (TPSA) is 141 Å². The Labute approximate surface area is 217 Å². The predicted molar refractivity (Wildman–Crippen MR) is 137 cm³/mol. The Hall–Kier alpha value is -4.80. The van der Waals surface area contributed by atoms with E-state index in [1.54, 1.807) is 60.8 Å². The zero-order valence-electron chi connectivity index (χ0n) is 20.3. The van der Waals surface area contributed by atoms with Crippen molar-refractivity contribution in [2.24, 2.45) is 5.92 Å². The fourth-order valence-electron chi connectivity index (χ4n) is 4.18. The number of carbonyl (C=O) groups excluding carboxylic acids is 3. The van der Waals surface area contributed by atoms with Gasteiger partial charge in [0.2, 0.25) is 11.8 Å². The molecule has 2 heterocycles.